The summed E-state index contributed by atoms with van der Waals surface area (Å²) in [6, 6.07) is 86.7. The van der Waals surface area contributed by atoms with E-state index in [0.29, 0.717) is 11.5 Å². The van der Waals surface area contributed by atoms with Gasteiger partial charge in [0.15, 0.2) is 0 Å². The second kappa shape index (κ2) is 21.7. The van der Waals surface area contributed by atoms with Crippen molar-refractivity contribution in [2.45, 2.75) is 129 Å². The molecule has 0 amide bonds. The van der Waals surface area contributed by atoms with Gasteiger partial charge >= 0.3 is 0 Å². The van der Waals surface area contributed by atoms with E-state index in [9.17, 15) is 0 Å². The third kappa shape index (κ3) is 9.70. The number of anilines is 4. The first-order valence-corrected chi connectivity index (χ1v) is 32.3. The molecule has 3 aliphatic rings. The zero-order valence-corrected chi connectivity index (χ0v) is 57.6. The van der Waals surface area contributed by atoms with Gasteiger partial charge < -0.3 is 19.1 Å². The molecule has 2 aliphatic carbocycles. The zero-order valence-electron chi connectivity index (χ0n) is 55.4. The smallest absolute Gasteiger partial charge is 0.135 e. The number of hydrogen-bond donors (Lipinski definition) is 0. The second-order valence-electron chi connectivity index (χ2n) is 30.2. The van der Waals surface area contributed by atoms with E-state index in [1.165, 1.54) is 88.7 Å². The average Bonchev–Trinajstić information content (AvgIpc) is 1.45. The summed E-state index contributed by atoms with van der Waals surface area (Å²) in [6.45, 7) is 34.8. The van der Waals surface area contributed by atoms with Crippen molar-refractivity contribution in [1.29, 1.82) is 0 Å². The molecule has 0 saturated carbocycles. The van der Waals surface area contributed by atoms with Crippen LogP contribution in [0.15, 0.2) is 219 Å². The van der Waals surface area contributed by atoms with Crippen LogP contribution in [0.25, 0.3) is 61.0 Å². The predicted molar refractivity (Wildman–Crippen MR) is 379 cm³/mol. The van der Waals surface area contributed by atoms with Gasteiger partial charge in [-0.1, -0.05) is 247 Å². The minimum Gasteiger partial charge on any atom is -0.509 e. The third-order valence-electron chi connectivity index (χ3n) is 19.8. The maximum atomic E-state index is 7.35. The van der Waals surface area contributed by atoms with Gasteiger partial charge in [-0.3, -0.25) is 0 Å². The molecular formula is C86H79N4OPt-3. The van der Waals surface area contributed by atoms with Crippen LogP contribution in [0, 0.1) is 18.8 Å². The Morgan fingerprint density at radius 2 is 0.946 bits per heavy atom. The van der Waals surface area contributed by atoms with Gasteiger partial charge in [0.05, 0.1) is 0 Å². The minimum absolute atomic E-state index is 0. The number of nitrogens with zero attached hydrogens (tertiary/aromatic N) is 4. The number of rotatable bonds is 8. The molecule has 0 fully saturated rings. The fraction of sp³-hybridized carbons (Fsp3) is 0.233. The Bertz CT molecular complexity index is 4840. The molecule has 0 radical (unpaired) electrons. The van der Waals surface area contributed by atoms with Crippen molar-refractivity contribution >= 4 is 44.6 Å². The molecule has 3 heterocycles. The van der Waals surface area contributed by atoms with E-state index in [-0.39, 0.29) is 48.1 Å². The number of para-hydroxylation sites is 2. The van der Waals surface area contributed by atoms with Crippen molar-refractivity contribution in [2.24, 2.45) is 0 Å². The van der Waals surface area contributed by atoms with Crippen LogP contribution in [-0.2, 0) is 53.6 Å². The summed E-state index contributed by atoms with van der Waals surface area (Å²) >= 11 is 0. The van der Waals surface area contributed by atoms with Crippen molar-refractivity contribution in [1.82, 2.24) is 9.55 Å². The first-order valence-electron chi connectivity index (χ1n) is 32.3. The van der Waals surface area contributed by atoms with Crippen molar-refractivity contribution in [3.8, 4) is 50.7 Å². The fourth-order valence-electron chi connectivity index (χ4n) is 14.9. The molecule has 0 unspecified atom stereocenters. The molecule has 0 saturated heterocycles. The van der Waals surface area contributed by atoms with Crippen LogP contribution >= 0.6 is 0 Å². The normalized spacial score (nSPS) is 14.6. The topological polar surface area (TPSA) is 33.5 Å². The van der Waals surface area contributed by atoms with Crippen molar-refractivity contribution in [3.05, 3.63) is 293 Å². The number of aromatic nitrogens is 2. The number of fused-ring (bicyclic) bond motifs is 7. The van der Waals surface area contributed by atoms with Gasteiger partial charge in [-0.2, -0.15) is 6.07 Å². The molecule has 0 bridgehead atoms. The van der Waals surface area contributed by atoms with E-state index in [0.717, 1.165) is 50.7 Å². The van der Waals surface area contributed by atoms with Crippen LogP contribution in [0.5, 0.6) is 11.5 Å². The van der Waals surface area contributed by atoms with Gasteiger partial charge in [-0.05, 0) is 148 Å². The van der Waals surface area contributed by atoms with E-state index < -0.39 is 5.41 Å². The van der Waals surface area contributed by atoms with Crippen LogP contribution in [0.4, 0.5) is 22.7 Å². The van der Waals surface area contributed by atoms with Crippen LogP contribution in [0.1, 0.15) is 153 Å². The molecule has 1 aliphatic heterocycles. The molecule has 1 spiro atoms. The Labute approximate surface area is 559 Å². The Morgan fingerprint density at radius 3 is 1.59 bits per heavy atom. The summed E-state index contributed by atoms with van der Waals surface area (Å²) in [7, 11) is 0. The molecule has 6 heteroatoms. The first-order chi connectivity index (χ1) is 43.4. The van der Waals surface area contributed by atoms with Crippen LogP contribution < -0.4 is 14.5 Å². The van der Waals surface area contributed by atoms with E-state index in [1.54, 1.807) is 0 Å². The van der Waals surface area contributed by atoms with Crippen molar-refractivity contribution in [3.63, 3.8) is 0 Å². The molecule has 462 valence electrons. The SMILES string of the molecule is CC(C)(C)c1cc(-c2cc(C(C)(C)C)cc(-c3cccc(-c4ccccc4)c3)c2N2[CH-]N(c3[c-]c(Oc4[c-]c5c6c(c4)C4(c7ccccc7C(C)(C)c7ccccc74)c4cccc(c46)n5-c4cc(C(C)(C)C)ccn4)ccc3)c3ccccc32)cc(C(C)(C)C)c1.[Pt]. The molecule has 15 rings (SSSR count). The molecule has 10 aromatic carbocycles. The summed E-state index contributed by atoms with van der Waals surface area (Å²) in [6.07, 6.45) is 1.95. The van der Waals surface area contributed by atoms with Gasteiger partial charge in [0.2, 0.25) is 0 Å². The Kier molecular flexibility index (Phi) is 14.3. The predicted octanol–water partition coefficient (Wildman–Crippen LogP) is 22.5. The maximum Gasteiger partial charge on any atom is 0.135 e. The van der Waals surface area contributed by atoms with Gasteiger partial charge in [0, 0.05) is 83.3 Å². The standard InChI is InChI=1S/C86H79N4O.Pt/c1-81(2,3)58-41-42-87-77(49-58)90-75-40-26-37-71-78(75)79-72(86(71)69-35-20-18-33-67(69)85(13,14)68-34-19-21-36-70(68)86)51-64(52-76(79)90)91-63-32-25-31-62(50-63)88-53-89(74-39-23-22-38-73(74)88)80-65(56-30-24-29-55(43-56)54-27-16-15-17-28-54)47-61(84(10,11)12)48-66(80)57-44-59(82(4,5)6)46-60(45-57)83(7,8)9;/h15-49,51,53H,1-14H3;/q-3;. The monoisotopic (exact) mass is 1380 g/mol. The number of ether oxygens (including phenoxy) is 1. The number of benzene rings is 10. The molecule has 2 aromatic heterocycles. The Morgan fingerprint density at radius 1 is 0.413 bits per heavy atom. The van der Waals surface area contributed by atoms with E-state index in [4.69, 9.17) is 9.72 Å². The molecular weight excluding hydrogens is 1300 g/mol. The van der Waals surface area contributed by atoms with Crippen molar-refractivity contribution in [2.75, 3.05) is 9.80 Å². The van der Waals surface area contributed by atoms with Crippen molar-refractivity contribution < 1.29 is 25.8 Å². The average molecular weight is 1380 g/mol. The van der Waals surface area contributed by atoms with Gasteiger partial charge in [-0.25, -0.2) is 4.98 Å². The zero-order chi connectivity index (χ0) is 63.3. The summed E-state index contributed by atoms with van der Waals surface area (Å²) in [4.78, 5) is 9.86. The Balaban J connectivity index is 0.00000735. The molecule has 12 aromatic rings. The van der Waals surface area contributed by atoms with E-state index in [1.807, 2.05) is 12.3 Å². The van der Waals surface area contributed by atoms with Crippen LogP contribution in [0.3, 0.4) is 0 Å². The molecule has 0 N–H and O–H groups in total. The molecule has 0 atom stereocenters. The van der Waals surface area contributed by atoms with E-state index in [2.05, 4.69) is 336 Å². The number of pyridine rings is 1. The summed E-state index contributed by atoms with van der Waals surface area (Å²) in [5.41, 5.74) is 24.5. The van der Waals surface area contributed by atoms with Crippen LogP contribution in [-0.4, -0.2) is 9.55 Å². The van der Waals surface area contributed by atoms with Gasteiger partial charge in [-0.15, -0.1) is 48.3 Å². The van der Waals surface area contributed by atoms with Gasteiger partial charge in [0.25, 0.3) is 0 Å². The maximum absolute atomic E-state index is 7.35. The van der Waals surface area contributed by atoms with E-state index >= 15 is 0 Å². The summed E-state index contributed by atoms with van der Waals surface area (Å²) in [5.74, 6) is 2.04. The summed E-state index contributed by atoms with van der Waals surface area (Å²) in [5, 5.41) is 2.40. The Hall–Kier alpha value is -8.76. The fourth-order valence-corrected chi connectivity index (χ4v) is 14.9. The molecule has 5 nitrogen and oxygen atoms in total. The third-order valence-corrected chi connectivity index (χ3v) is 19.8. The summed E-state index contributed by atoms with van der Waals surface area (Å²) < 4.78 is 9.67. The van der Waals surface area contributed by atoms with Gasteiger partial charge in [0.1, 0.15) is 5.82 Å². The molecule has 92 heavy (non-hydrogen) atoms. The minimum atomic E-state index is -0.643. The quantitative estimate of drug-likeness (QED) is 0.142. The first kappa shape index (κ1) is 60.8. The van der Waals surface area contributed by atoms with Crippen LogP contribution in [0.2, 0.25) is 0 Å². The largest absolute Gasteiger partial charge is 0.509 e. The second-order valence-corrected chi connectivity index (χ2v) is 30.2. The number of hydrogen-bond acceptors (Lipinski definition) is 4.